The van der Waals surface area contributed by atoms with Gasteiger partial charge in [0.2, 0.25) is 11.0 Å². The smallest absolute Gasteiger partial charge is 0.233 e. The normalized spacial score (nSPS) is 17.4. The molecule has 8 heteroatoms. The summed E-state index contributed by atoms with van der Waals surface area (Å²) in [5, 5.41) is 14.6. The molecule has 5 nitrogen and oxygen atoms in total. The number of aromatic nitrogens is 2. The molecule has 0 saturated heterocycles. The van der Waals surface area contributed by atoms with Crippen molar-refractivity contribution < 1.29 is 4.79 Å². The van der Waals surface area contributed by atoms with Gasteiger partial charge in [-0.25, -0.2) is 0 Å². The van der Waals surface area contributed by atoms with Gasteiger partial charge in [-0.05, 0) is 36.3 Å². The number of thioether (sulfide) groups is 1. The van der Waals surface area contributed by atoms with Crippen molar-refractivity contribution >= 4 is 45.5 Å². The van der Waals surface area contributed by atoms with E-state index < -0.39 is 0 Å². The number of carbonyl (C=O) groups excluding carboxylic acids is 1. The van der Waals surface area contributed by atoms with Gasteiger partial charge >= 0.3 is 0 Å². The maximum Gasteiger partial charge on any atom is 0.233 e. The summed E-state index contributed by atoms with van der Waals surface area (Å²) in [7, 11) is 0. The van der Waals surface area contributed by atoms with Crippen LogP contribution in [-0.2, 0) is 17.8 Å². The van der Waals surface area contributed by atoms with Crippen LogP contribution in [0, 0.1) is 0 Å². The van der Waals surface area contributed by atoms with Gasteiger partial charge in [0.1, 0.15) is 0 Å². The van der Waals surface area contributed by atoms with Crippen molar-refractivity contribution in [1.29, 1.82) is 0 Å². The van der Waals surface area contributed by atoms with Crippen LogP contribution in [0.2, 0.25) is 0 Å². The van der Waals surface area contributed by atoms with Gasteiger partial charge in [-0.1, -0.05) is 23.1 Å². The molecule has 1 aliphatic carbocycles. The van der Waals surface area contributed by atoms with E-state index in [0.29, 0.717) is 11.8 Å². The van der Waals surface area contributed by atoms with E-state index in [-0.39, 0.29) is 5.91 Å². The van der Waals surface area contributed by atoms with Crippen molar-refractivity contribution in [2.24, 2.45) is 0 Å². The van der Waals surface area contributed by atoms with Crippen molar-refractivity contribution in [3.8, 4) is 0 Å². The molecule has 3 heterocycles. The van der Waals surface area contributed by atoms with Gasteiger partial charge in [0, 0.05) is 24.0 Å². The predicted octanol–water partition coefficient (Wildman–Crippen LogP) is 2.85. The zero-order chi connectivity index (χ0) is 14.9. The SMILES string of the molecule is O=C(CSc1nnc(NC2CC2)s1)N1CCc2sccc2C1. The fourth-order valence-corrected chi connectivity index (χ4v) is 5.03. The van der Waals surface area contributed by atoms with E-state index in [1.165, 1.54) is 35.0 Å². The quantitative estimate of drug-likeness (QED) is 0.839. The predicted molar refractivity (Wildman–Crippen MR) is 90.7 cm³/mol. The molecule has 1 aliphatic heterocycles. The first-order chi connectivity index (χ1) is 10.8. The third kappa shape index (κ3) is 3.28. The van der Waals surface area contributed by atoms with Crippen molar-refractivity contribution in [2.75, 3.05) is 17.6 Å². The summed E-state index contributed by atoms with van der Waals surface area (Å²) in [5.74, 6) is 0.631. The molecule has 0 atom stereocenters. The van der Waals surface area contributed by atoms with Crippen LogP contribution in [0.1, 0.15) is 23.3 Å². The number of amides is 1. The maximum absolute atomic E-state index is 12.3. The zero-order valence-corrected chi connectivity index (χ0v) is 14.4. The molecule has 2 aliphatic rings. The van der Waals surface area contributed by atoms with Crippen LogP contribution in [0.4, 0.5) is 5.13 Å². The average molecular weight is 353 g/mol. The Bertz CT molecular complexity index is 679. The second-order valence-corrected chi connectivity index (χ2v) is 8.72. The van der Waals surface area contributed by atoms with E-state index in [2.05, 4.69) is 27.0 Å². The van der Waals surface area contributed by atoms with Crippen molar-refractivity contribution in [2.45, 2.75) is 36.2 Å². The summed E-state index contributed by atoms with van der Waals surface area (Å²) in [6, 6.07) is 2.72. The molecular weight excluding hydrogens is 336 g/mol. The molecule has 2 aromatic rings. The Kier molecular flexibility index (Phi) is 4.06. The lowest BCUT2D eigenvalue weighted by atomic mass is 10.1. The van der Waals surface area contributed by atoms with Crippen LogP contribution >= 0.6 is 34.4 Å². The van der Waals surface area contributed by atoms with Crippen molar-refractivity contribution in [1.82, 2.24) is 15.1 Å². The Labute approximate surface area is 141 Å². The Morgan fingerprint density at radius 3 is 3.23 bits per heavy atom. The molecule has 0 unspecified atom stereocenters. The summed E-state index contributed by atoms with van der Waals surface area (Å²) in [5.41, 5.74) is 1.31. The number of fused-ring (bicyclic) bond motifs is 1. The molecule has 116 valence electrons. The van der Waals surface area contributed by atoms with Gasteiger partial charge in [0.05, 0.1) is 5.75 Å². The third-order valence-electron chi connectivity index (χ3n) is 3.79. The monoisotopic (exact) mass is 352 g/mol. The summed E-state index contributed by atoms with van der Waals surface area (Å²) in [6.07, 6.45) is 3.43. The Balaban J connectivity index is 1.30. The fraction of sp³-hybridized carbons (Fsp3) is 0.500. The van der Waals surface area contributed by atoms with Crippen LogP contribution in [-0.4, -0.2) is 39.3 Å². The molecule has 2 aromatic heterocycles. The Hall–Kier alpha value is -1.12. The molecule has 1 amide bonds. The minimum atomic E-state index is 0.189. The fourth-order valence-electron chi connectivity index (χ4n) is 2.40. The molecule has 0 radical (unpaired) electrons. The van der Waals surface area contributed by atoms with Crippen LogP contribution in [0.25, 0.3) is 0 Å². The average Bonchev–Trinajstić information content (AvgIpc) is 3.04. The maximum atomic E-state index is 12.3. The highest BCUT2D eigenvalue weighted by molar-refractivity contribution is 8.01. The first kappa shape index (κ1) is 14.5. The summed E-state index contributed by atoms with van der Waals surface area (Å²) < 4.78 is 0.865. The van der Waals surface area contributed by atoms with Crippen LogP contribution in [0.5, 0.6) is 0 Å². The lowest BCUT2D eigenvalue weighted by Crippen LogP contribution is -2.36. The number of nitrogens with one attached hydrogen (secondary N) is 1. The first-order valence-electron chi connectivity index (χ1n) is 7.34. The van der Waals surface area contributed by atoms with Gasteiger partial charge in [0.25, 0.3) is 0 Å². The van der Waals surface area contributed by atoms with Gasteiger partial charge < -0.3 is 10.2 Å². The Morgan fingerprint density at radius 1 is 1.45 bits per heavy atom. The molecule has 1 saturated carbocycles. The molecular formula is C14H16N4OS3. The molecule has 1 fully saturated rings. The van der Waals surface area contributed by atoms with Crippen LogP contribution < -0.4 is 5.32 Å². The van der Waals surface area contributed by atoms with E-state index >= 15 is 0 Å². The van der Waals surface area contributed by atoms with Crippen molar-refractivity contribution in [3.05, 3.63) is 21.9 Å². The van der Waals surface area contributed by atoms with Gasteiger partial charge in [-0.2, -0.15) is 0 Å². The number of hydrogen-bond acceptors (Lipinski definition) is 7. The second-order valence-electron chi connectivity index (χ2n) is 5.51. The number of anilines is 1. The van der Waals surface area contributed by atoms with Gasteiger partial charge in [-0.15, -0.1) is 21.5 Å². The second kappa shape index (κ2) is 6.17. The van der Waals surface area contributed by atoms with Gasteiger partial charge in [-0.3, -0.25) is 4.79 Å². The number of thiophene rings is 1. The molecule has 0 bridgehead atoms. The largest absolute Gasteiger partial charge is 0.357 e. The standard InChI is InChI=1S/C14H16N4OS3/c19-12(18-5-3-11-9(7-18)4-6-20-11)8-21-14-17-16-13(22-14)15-10-1-2-10/h4,6,10H,1-3,5,7-8H2,(H,15,16). The molecule has 22 heavy (non-hydrogen) atoms. The number of carbonyl (C=O) groups is 1. The lowest BCUT2D eigenvalue weighted by molar-refractivity contribution is -0.129. The highest BCUT2D eigenvalue weighted by atomic mass is 32.2. The minimum Gasteiger partial charge on any atom is -0.357 e. The lowest BCUT2D eigenvalue weighted by Gasteiger charge is -2.26. The summed E-state index contributed by atoms with van der Waals surface area (Å²) in [4.78, 5) is 15.7. The Morgan fingerprint density at radius 2 is 2.36 bits per heavy atom. The summed E-state index contributed by atoms with van der Waals surface area (Å²) >= 11 is 4.83. The molecule has 0 spiro atoms. The number of nitrogens with zero attached hydrogens (tertiary/aromatic N) is 3. The van der Waals surface area contributed by atoms with E-state index in [9.17, 15) is 4.79 Å². The van der Waals surface area contributed by atoms with E-state index in [0.717, 1.165) is 29.0 Å². The first-order valence-corrected chi connectivity index (χ1v) is 10.0. The zero-order valence-electron chi connectivity index (χ0n) is 11.9. The van der Waals surface area contributed by atoms with E-state index in [1.807, 2.05) is 4.90 Å². The highest BCUT2D eigenvalue weighted by Gasteiger charge is 2.23. The minimum absolute atomic E-state index is 0.189. The van der Waals surface area contributed by atoms with E-state index in [4.69, 9.17) is 0 Å². The number of hydrogen-bond donors (Lipinski definition) is 1. The topological polar surface area (TPSA) is 58.1 Å². The summed E-state index contributed by atoms with van der Waals surface area (Å²) in [6.45, 7) is 1.58. The molecule has 4 rings (SSSR count). The molecule has 0 aromatic carbocycles. The van der Waals surface area contributed by atoms with E-state index in [1.54, 1.807) is 22.7 Å². The van der Waals surface area contributed by atoms with Crippen molar-refractivity contribution in [3.63, 3.8) is 0 Å². The van der Waals surface area contributed by atoms with Crippen LogP contribution in [0.15, 0.2) is 15.8 Å². The third-order valence-corrected chi connectivity index (χ3v) is 6.79. The molecule has 1 N–H and O–H groups in total. The van der Waals surface area contributed by atoms with Gasteiger partial charge in [0.15, 0.2) is 4.34 Å². The number of rotatable bonds is 5. The highest BCUT2D eigenvalue weighted by Crippen LogP contribution is 2.31. The van der Waals surface area contributed by atoms with Crippen LogP contribution in [0.3, 0.4) is 0 Å².